The zero-order valence-corrected chi connectivity index (χ0v) is 46.0. The fourth-order valence-corrected chi connectivity index (χ4v) is 9.30. The van der Waals surface area contributed by atoms with Crippen molar-refractivity contribution in [2.45, 2.75) is 154 Å². The number of aliphatic hydroxyl groups is 1. The molecule has 1 saturated carbocycles. The molecule has 1 aliphatic heterocycles. The van der Waals surface area contributed by atoms with Gasteiger partial charge in [-0.1, -0.05) is 86.8 Å². The van der Waals surface area contributed by atoms with Crippen molar-refractivity contribution in [2.24, 2.45) is 11.7 Å². The van der Waals surface area contributed by atoms with E-state index in [2.05, 4.69) is 73.8 Å². The Labute approximate surface area is 454 Å². The summed E-state index contributed by atoms with van der Waals surface area (Å²) in [6.45, 7) is 11.5. The second-order valence-electron chi connectivity index (χ2n) is 20.4. The second kappa shape index (κ2) is 33.5. The van der Waals surface area contributed by atoms with Crippen LogP contribution in [0.3, 0.4) is 0 Å². The quantitative estimate of drug-likeness (QED) is 0.0423. The molecule has 12 N–H and O–H groups in total. The summed E-state index contributed by atoms with van der Waals surface area (Å²) in [7, 11) is 1.86. The number of aliphatic hydroxyl groups excluding tert-OH is 1. The van der Waals surface area contributed by atoms with Gasteiger partial charge in [-0.15, -0.1) is 5.53 Å². The first-order valence-corrected chi connectivity index (χ1v) is 27.4. The van der Waals surface area contributed by atoms with Crippen molar-refractivity contribution in [3.8, 4) is 0 Å². The van der Waals surface area contributed by atoms with Crippen LogP contribution in [0.15, 0.2) is 72.6 Å². The van der Waals surface area contributed by atoms with E-state index in [1.807, 2.05) is 48.5 Å². The van der Waals surface area contributed by atoms with Gasteiger partial charge in [0.2, 0.25) is 47.3 Å². The van der Waals surface area contributed by atoms with Gasteiger partial charge in [0.15, 0.2) is 0 Å². The van der Waals surface area contributed by atoms with Crippen LogP contribution >= 0.6 is 0 Å². The largest absolute Gasteiger partial charge is 0.391 e. The number of carbonyl (C=O) groups excluding carboxylic acids is 8. The number of rotatable bonds is 34. The number of hydrazine groups is 2. The lowest BCUT2D eigenvalue weighted by Gasteiger charge is -2.28. The van der Waals surface area contributed by atoms with Crippen molar-refractivity contribution in [2.75, 3.05) is 52.9 Å². The molecule has 0 spiro atoms. The van der Waals surface area contributed by atoms with E-state index in [1.54, 1.807) is 30.5 Å². The lowest BCUT2D eigenvalue weighted by molar-refractivity contribution is -0.136. The van der Waals surface area contributed by atoms with Gasteiger partial charge in [0.25, 0.3) is 0 Å². The molecule has 0 aromatic heterocycles. The highest BCUT2D eigenvalue weighted by molar-refractivity contribution is 5.97. The second-order valence-corrected chi connectivity index (χ2v) is 20.4. The molecule has 1 heterocycles. The van der Waals surface area contributed by atoms with Gasteiger partial charge in [0.05, 0.1) is 24.9 Å². The zero-order valence-electron chi connectivity index (χ0n) is 46.0. The highest BCUT2D eigenvalue weighted by atomic mass is 16.3. The summed E-state index contributed by atoms with van der Waals surface area (Å²) in [6.07, 6.45) is 6.85. The standard InChI is InChI=1S/C55H87N13O9/c1-7-66(37(2)3)30-18-17-26-44(52(74)63-49(39(5)69)55(77)58-29-27-48(71)67(36-47(56)70)34-43-35-68(65-64-43)31-19-28-57-6)60-54(76)46(33-41-22-13-9-14-23-41)61-50(72)38(4)59-53(75)45(32-40-20-11-8-12-21-40)62-51(73)42-24-15-10-16-25-42/h8-9,11-14,20-23,35,37-39,42,44-46,49,57,64-65,69H,7,10,15-19,24-34,36H2,1-6H3,(H2,56,70)(H,58,77)(H,59,75)(H,60,76)(H,61,72)(H,62,73)(H,63,74)/t38-,39+,44-,45-,46-,49?/m0/s1. The lowest BCUT2D eigenvalue weighted by Crippen LogP contribution is -2.60. The average molecular weight is 1070 g/mol. The van der Waals surface area contributed by atoms with E-state index >= 15 is 0 Å². The Morgan fingerprint density at radius 3 is 1.91 bits per heavy atom. The van der Waals surface area contributed by atoms with Gasteiger partial charge in [0.1, 0.15) is 30.2 Å². The molecule has 426 valence electrons. The van der Waals surface area contributed by atoms with Gasteiger partial charge in [0, 0.05) is 50.5 Å². The number of amides is 8. The van der Waals surface area contributed by atoms with Gasteiger partial charge < -0.3 is 63.3 Å². The predicted octanol–water partition coefficient (Wildman–Crippen LogP) is 0.373. The summed E-state index contributed by atoms with van der Waals surface area (Å²) in [5.41, 5.74) is 13.6. The Bertz CT molecular complexity index is 2230. The van der Waals surface area contributed by atoms with Crippen molar-refractivity contribution in [3.05, 3.63) is 83.7 Å². The number of primary amides is 1. The number of unbranched alkanes of at least 4 members (excludes halogenated alkanes) is 1. The molecule has 6 atom stereocenters. The van der Waals surface area contributed by atoms with Crippen molar-refractivity contribution >= 4 is 47.3 Å². The third-order valence-electron chi connectivity index (χ3n) is 13.8. The predicted molar refractivity (Wildman–Crippen MR) is 293 cm³/mol. The molecule has 1 unspecified atom stereocenters. The molecule has 1 aliphatic carbocycles. The van der Waals surface area contributed by atoms with E-state index in [1.165, 1.54) is 18.7 Å². The van der Waals surface area contributed by atoms with Crippen LogP contribution in [0.4, 0.5) is 0 Å². The van der Waals surface area contributed by atoms with Crippen LogP contribution in [0.5, 0.6) is 0 Å². The first-order valence-electron chi connectivity index (χ1n) is 27.4. The maximum atomic E-state index is 14.5. The Morgan fingerprint density at radius 1 is 0.727 bits per heavy atom. The van der Waals surface area contributed by atoms with Crippen molar-refractivity contribution in [3.63, 3.8) is 0 Å². The molecule has 8 amide bonds. The molecule has 0 radical (unpaired) electrons. The smallest absolute Gasteiger partial charge is 0.245 e. The number of hydrogen-bond acceptors (Lipinski definition) is 14. The molecule has 2 aliphatic rings. The van der Waals surface area contributed by atoms with Crippen molar-refractivity contribution < 1.29 is 43.5 Å². The third-order valence-corrected chi connectivity index (χ3v) is 13.8. The van der Waals surface area contributed by atoms with Crippen LogP contribution in [-0.4, -0.2) is 162 Å². The molecule has 2 aromatic rings. The minimum absolute atomic E-state index is 0.00997. The van der Waals surface area contributed by atoms with Crippen molar-refractivity contribution in [1.29, 1.82) is 0 Å². The number of nitrogens with two attached hydrogens (primary N) is 1. The summed E-state index contributed by atoms with van der Waals surface area (Å²) in [5, 5.41) is 32.3. The van der Waals surface area contributed by atoms with Gasteiger partial charge >= 0.3 is 0 Å². The summed E-state index contributed by atoms with van der Waals surface area (Å²) in [6, 6.07) is 12.4. The Morgan fingerprint density at radius 2 is 1.32 bits per heavy atom. The minimum atomic E-state index is -1.51. The van der Waals surface area contributed by atoms with Gasteiger partial charge in [-0.3, -0.25) is 43.4 Å². The maximum Gasteiger partial charge on any atom is 0.245 e. The molecule has 22 heteroatoms. The maximum absolute atomic E-state index is 14.5. The molecule has 1 fully saturated rings. The van der Waals surface area contributed by atoms with E-state index in [0.717, 1.165) is 63.7 Å². The number of benzene rings is 2. The summed E-state index contributed by atoms with van der Waals surface area (Å²) in [5.74, 6) is -5.15. The Kier molecular flexibility index (Phi) is 27.4. The fourth-order valence-electron chi connectivity index (χ4n) is 9.30. The Balaban J connectivity index is 1.48. The molecule has 4 rings (SSSR count). The first-order chi connectivity index (χ1) is 36.9. The fraction of sp³-hybridized carbons (Fsp3) is 0.600. The number of carbonyl (C=O) groups is 8. The highest BCUT2D eigenvalue weighted by Gasteiger charge is 2.34. The molecular weight excluding hydrogens is 987 g/mol. The molecule has 2 aromatic carbocycles. The van der Waals surface area contributed by atoms with Crippen LogP contribution < -0.4 is 53.9 Å². The van der Waals surface area contributed by atoms with E-state index in [9.17, 15) is 43.5 Å². The summed E-state index contributed by atoms with van der Waals surface area (Å²) < 4.78 is 0. The van der Waals surface area contributed by atoms with E-state index in [4.69, 9.17) is 5.73 Å². The zero-order chi connectivity index (χ0) is 56.3. The van der Waals surface area contributed by atoms with Crippen LogP contribution in [0, 0.1) is 5.92 Å². The van der Waals surface area contributed by atoms with Crippen LogP contribution in [0.25, 0.3) is 0 Å². The van der Waals surface area contributed by atoms with E-state index < -0.39 is 77.7 Å². The molecule has 77 heavy (non-hydrogen) atoms. The first kappa shape index (κ1) is 62.9. The molecule has 22 nitrogen and oxygen atoms in total. The number of nitrogens with zero attached hydrogens (tertiary/aromatic N) is 3. The van der Waals surface area contributed by atoms with Crippen LogP contribution in [0.2, 0.25) is 0 Å². The highest BCUT2D eigenvalue weighted by Crippen LogP contribution is 2.24. The van der Waals surface area contributed by atoms with Gasteiger partial charge in [-0.05, 0) is 104 Å². The lowest BCUT2D eigenvalue weighted by atomic mass is 9.88. The average Bonchev–Trinajstić information content (AvgIpc) is 3.86. The summed E-state index contributed by atoms with van der Waals surface area (Å²) in [4.78, 5) is 113. The number of nitrogens with one attached hydrogen (secondary N) is 9. The third kappa shape index (κ3) is 22.5. The van der Waals surface area contributed by atoms with Crippen LogP contribution in [-0.2, 0) is 51.2 Å². The SMILES string of the molecule is CCN(CCCC[C@H](NC(=O)[C@H](Cc1ccccc1)NC(=O)[C@H](C)NC(=O)[C@H](Cc1ccccc1)NC(=O)C1CCCCC1)C(=O)NC(C(=O)NCCC(=O)N(CC(N)=O)CC1=CN(CCCNC)NN1)[C@@H](C)O)C(C)C. The van der Waals surface area contributed by atoms with Gasteiger partial charge in [-0.2, -0.15) is 0 Å². The van der Waals surface area contributed by atoms with Gasteiger partial charge in [-0.25, -0.2) is 0 Å². The van der Waals surface area contributed by atoms with Crippen molar-refractivity contribution in [1.82, 2.24) is 63.0 Å². The number of hydrogen-bond donors (Lipinski definition) is 11. The molecule has 0 bridgehead atoms. The topological polar surface area (TPSA) is 301 Å². The Hall–Kier alpha value is -6.62. The summed E-state index contributed by atoms with van der Waals surface area (Å²) >= 11 is 0. The van der Waals surface area contributed by atoms with E-state index in [-0.39, 0.29) is 63.2 Å². The normalized spacial score (nSPS) is 15.9. The molecular formula is C55H87N13O9. The molecule has 0 saturated heterocycles. The minimum Gasteiger partial charge on any atom is -0.391 e. The van der Waals surface area contributed by atoms with Crippen LogP contribution in [0.1, 0.15) is 110 Å². The monoisotopic (exact) mass is 1070 g/mol. The van der Waals surface area contributed by atoms with E-state index in [0.29, 0.717) is 30.6 Å².